The van der Waals surface area contributed by atoms with Crippen LogP contribution in [0.25, 0.3) is 0 Å². The highest BCUT2D eigenvalue weighted by Gasteiger charge is 2.28. The number of nitrogens with two attached hydrogens (primary N) is 1. The smallest absolute Gasteiger partial charge is 0.256 e. The van der Waals surface area contributed by atoms with E-state index in [9.17, 15) is 13.6 Å². The lowest BCUT2D eigenvalue weighted by Crippen LogP contribution is -2.53. The third-order valence-electron chi connectivity index (χ3n) is 3.86. The molecule has 6 heteroatoms. The van der Waals surface area contributed by atoms with E-state index in [1.54, 1.807) is 4.90 Å². The minimum Gasteiger partial charge on any atom is -0.398 e. The van der Waals surface area contributed by atoms with Crippen molar-refractivity contribution in [2.45, 2.75) is 19.4 Å². The van der Waals surface area contributed by atoms with Gasteiger partial charge in [0.15, 0.2) is 11.6 Å². The topological polar surface area (TPSA) is 49.6 Å². The molecule has 1 aliphatic rings. The molecule has 1 aromatic carbocycles. The van der Waals surface area contributed by atoms with Crippen LogP contribution in [0, 0.1) is 11.6 Å². The zero-order chi connectivity index (χ0) is 14.9. The molecular weight excluding hydrogens is 264 g/mol. The normalized spacial score (nSPS) is 20.2. The van der Waals surface area contributed by atoms with Crippen LogP contribution in [-0.2, 0) is 0 Å². The maximum absolute atomic E-state index is 13.3. The first-order chi connectivity index (χ1) is 9.43. The Balaban J connectivity index is 2.21. The minimum atomic E-state index is -1.05. The monoisotopic (exact) mass is 283 g/mol. The number of amides is 1. The van der Waals surface area contributed by atoms with E-state index in [0.29, 0.717) is 13.1 Å². The number of rotatable bonds is 2. The lowest BCUT2D eigenvalue weighted by Gasteiger charge is -2.39. The summed E-state index contributed by atoms with van der Waals surface area (Å²) in [5.41, 5.74) is 5.63. The number of carbonyl (C=O) groups is 1. The average Bonchev–Trinajstić information content (AvgIpc) is 2.42. The summed E-state index contributed by atoms with van der Waals surface area (Å²) < 4.78 is 26.3. The second kappa shape index (κ2) is 5.75. The van der Waals surface area contributed by atoms with Crippen LogP contribution in [0.1, 0.15) is 23.7 Å². The molecule has 1 heterocycles. The highest BCUT2D eigenvalue weighted by atomic mass is 19.2. The average molecular weight is 283 g/mol. The molecule has 1 fully saturated rings. The maximum atomic E-state index is 13.3. The van der Waals surface area contributed by atoms with E-state index >= 15 is 0 Å². The van der Waals surface area contributed by atoms with E-state index < -0.39 is 11.6 Å². The van der Waals surface area contributed by atoms with Gasteiger partial charge in [-0.25, -0.2) is 8.78 Å². The van der Waals surface area contributed by atoms with Gasteiger partial charge < -0.3 is 10.6 Å². The third-order valence-corrected chi connectivity index (χ3v) is 3.86. The summed E-state index contributed by atoms with van der Waals surface area (Å²) in [7, 11) is 2.02. The summed E-state index contributed by atoms with van der Waals surface area (Å²) in [6.07, 6.45) is 0.924. The molecule has 0 radical (unpaired) electrons. The van der Waals surface area contributed by atoms with E-state index in [-0.39, 0.29) is 23.2 Å². The number of hydrogen-bond donors (Lipinski definition) is 1. The Kier molecular flexibility index (Phi) is 4.23. The van der Waals surface area contributed by atoms with Crippen molar-refractivity contribution < 1.29 is 13.6 Å². The first-order valence-corrected chi connectivity index (χ1v) is 6.68. The maximum Gasteiger partial charge on any atom is 0.256 e. The lowest BCUT2D eigenvalue weighted by atomic mass is 10.1. The van der Waals surface area contributed by atoms with Gasteiger partial charge in [0.05, 0.1) is 5.56 Å². The number of carbonyl (C=O) groups excluding carboxylic acids is 1. The fraction of sp³-hybridized carbons (Fsp3) is 0.500. The Morgan fingerprint density at radius 3 is 2.65 bits per heavy atom. The van der Waals surface area contributed by atoms with Gasteiger partial charge in [-0.15, -0.1) is 0 Å². The molecule has 2 N–H and O–H groups in total. The molecule has 0 aromatic heterocycles. The molecule has 1 atom stereocenters. The van der Waals surface area contributed by atoms with Crippen molar-refractivity contribution in [1.29, 1.82) is 0 Å². The van der Waals surface area contributed by atoms with Gasteiger partial charge in [0.25, 0.3) is 5.91 Å². The molecule has 1 aliphatic heterocycles. The Bertz CT molecular complexity index is 521. The number of likely N-dealkylation sites (N-methyl/N-ethyl adjacent to an activating group) is 1. The quantitative estimate of drug-likeness (QED) is 0.841. The highest BCUT2D eigenvalue weighted by Crippen LogP contribution is 2.21. The van der Waals surface area contributed by atoms with Crippen molar-refractivity contribution in [2.24, 2.45) is 0 Å². The summed E-state index contributed by atoms with van der Waals surface area (Å²) in [5, 5.41) is 0. The molecule has 1 unspecified atom stereocenters. The largest absolute Gasteiger partial charge is 0.398 e. The number of anilines is 1. The Morgan fingerprint density at radius 2 is 2.00 bits per heavy atom. The molecule has 4 nitrogen and oxygen atoms in total. The molecule has 2 rings (SSSR count). The van der Waals surface area contributed by atoms with Gasteiger partial charge in [-0.1, -0.05) is 6.92 Å². The fourth-order valence-electron chi connectivity index (χ4n) is 2.49. The van der Waals surface area contributed by atoms with Crippen LogP contribution in [0.15, 0.2) is 12.1 Å². The van der Waals surface area contributed by atoms with E-state index in [2.05, 4.69) is 11.8 Å². The van der Waals surface area contributed by atoms with Gasteiger partial charge in [0.1, 0.15) is 0 Å². The van der Waals surface area contributed by atoms with E-state index in [1.165, 1.54) is 0 Å². The first kappa shape index (κ1) is 14.7. The molecule has 0 bridgehead atoms. The van der Waals surface area contributed by atoms with Gasteiger partial charge in [-0.3, -0.25) is 9.69 Å². The van der Waals surface area contributed by atoms with Gasteiger partial charge in [0.2, 0.25) is 0 Å². The minimum absolute atomic E-state index is 0.0270. The van der Waals surface area contributed by atoms with Crippen LogP contribution >= 0.6 is 0 Å². The van der Waals surface area contributed by atoms with Crippen LogP contribution in [0.4, 0.5) is 14.5 Å². The zero-order valence-corrected chi connectivity index (χ0v) is 11.7. The number of nitrogen functional groups attached to an aromatic ring is 1. The van der Waals surface area contributed by atoms with Crippen molar-refractivity contribution in [2.75, 3.05) is 32.4 Å². The van der Waals surface area contributed by atoms with Crippen LogP contribution in [-0.4, -0.2) is 48.4 Å². The molecule has 1 amide bonds. The summed E-state index contributed by atoms with van der Waals surface area (Å²) in [5.74, 6) is -2.43. The van der Waals surface area contributed by atoms with E-state index in [1.807, 2.05) is 7.05 Å². The lowest BCUT2D eigenvalue weighted by molar-refractivity contribution is 0.0542. The summed E-state index contributed by atoms with van der Waals surface area (Å²) in [4.78, 5) is 16.2. The zero-order valence-electron chi connectivity index (χ0n) is 11.7. The van der Waals surface area contributed by atoms with Crippen LogP contribution in [0.5, 0.6) is 0 Å². The van der Waals surface area contributed by atoms with Gasteiger partial charge >= 0.3 is 0 Å². The molecule has 110 valence electrons. The number of piperazine rings is 1. The molecule has 0 saturated carbocycles. The predicted molar refractivity (Wildman–Crippen MR) is 73.4 cm³/mol. The fourth-order valence-corrected chi connectivity index (χ4v) is 2.49. The molecule has 0 spiro atoms. The van der Waals surface area contributed by atoms with E-state index in [4.69, 9.17) is 5.73 Å². The van der Waals surface area contributed by atoms with Crippen molar-refractivity contribution in [3.05, 3.63) is 29.3 Å². The highest BCUT2D eigenvalue weighted by molar-refractivity contribution is 5.99. The Labute approximate surface area is 117 Å². The van der Waals surface area contributed by atoms with Crippen molar-refractivity contribution >= 4 is 11.6 Å². The summed E-state index contributed by atoms with van der Waals surface area (Å²) >= 11 is 0. The Morgan fingerprint density at radius 1 is 1.35 bits per heavy atom. The summed E-state index contributed by atoms with van der Waals surface area (Å²) in [6.45, 7) is 3.95. The third kappa shape index (κ3) is 2.75. The summed E-state index contributed by atoms with van der Waals surface area (Å²) in [6, 6.07) is 2.02. The SMILES string of the molecule is CCC1CN(C(=O)c2cc(F)c(F)cc2N)CCN1C. The van der Waals surface area contributed by atoms with Crippen molar-refractivity contribution in [1.82, 2.24) is 9.80 Å². The van der Waals surface area contributed by atoms with Crippen molar-refractivity contribution in [3.63, 3.8) is 0 Å². The standard InChI is InChI=1S/C14H19F2N3O/c1-3-9-8-19(5-4-18(9)2)14(20)10-6-11(15)12(16)7-13(10)17/h6-7,9H,3-5,8,17H2,1-2H3. The van der Waals surface area contributed by atoms with Crippen LogP contribution < -0.4 is 5.73 Å². The number of benzene rings is 1. The van der Waals surface area contributed by atoms with Crippen LogP contribution in [0.2, 0.25) is 0 Å². The van der Waals surface area contributed by atoms with Crippen molar-refractivity contribution in [3.8, 4) is 0 Å². The number of nitrogens with zero attached hydrogens (tertiary/aromatic N) is 2. The molecule has 20 heavy (non-hydrogen) atoms. The van der Waals surface area contributed by atoms with Gasteiger partial charge in [-0.05, 0) is 19.5 Å². The number of halogens is 2. The molecular formula is C14H19F2N3O. The van der Waals surface area contributed by atoms with Crippen LogP contribution in [0.3, 0.4) is 0 Å². The second-order valence-electron chi connectivity index (χ2n) is 5.15. The molecule has 0 aliphatic carbocycles. The Hall–Kier alpha value is -1.69. The van der Waals surface area contributed by atoms with Gasteiger partial charge in [0, 0.05) is 37.4 Å². The number of hydrogen-bond acceptors (Lipinski definition) is 3. The predicted octanol–water partition coefficient (Wildman–Crippen LogP) is 1.71. The molecule has 1 saturated heterocycles. The second-order valence-corrected chi connectivity index (χ2v) is 5.15. The van der Waals surface area contributed by atoms with Gasteiger partial charge in [-0.2, -0.15) is 0 Å². The van der Waals surface area contributed by atoms with E-state index in [0.717, 1.165) is 25.1 Å². The first-order valence-electron chi connectivity index (χ1n) is 6.68. The molecule has 1 aromatic rings.